The van der Waals surface area contributed by atoms with Gasteiger partial charge in [-0.2, -0.15) is 0 Å². The van der Waals surface area contributed by atoms with E-state index in [9.17, 15) is 14.4 Å². The van der Waals surface area contributed by atoms with Crippen LogP contribution in [0.2, 0.25) is 0 Å². The van der Waals surface area contributed by atoms with Crippen molar-refractivity contribution in [2.75, 3.05) is 0 Å². The molecule has 1 aliphatic heterocycles. The summed E-state index contributed by atoms with van der Waals surface area (Å²) in [6, 6.07) is 17.1. The highest BCUT2D eigenvalue weighted by Gasteiger charge is 2.36. The van der Waals surface area contributed by atoms with E-state index >= 15 is 0 Å². The number of fused-ring (bicyclic) bond motifs is 1. The first-order chi connectivity index (χ1) is 13.6. The molecular weight excluding hydrogens is 360 g/mol. The molecule has 0 radical (unpaired) electrons. The molecule has 3 aromatic rings. The Morgan fingerprint density at radius 2 is 1.75 bits per heavy atom. The Kier molecular flexibility index (Phi) is 4.74. The van der Waals surface area contributed by atoms with E-state index in [1.807, 2.05) is 30.3 Å². The number of nitrogens with one attached hydrogen (secondary N) is 1. The van der Waals surface area contributed by atoms with Crippen LogP contribution in [0, 0.1) is 0 Å². The summed E-state index contributed by atoms with van der Waals surface area (Å²) in [6.07, 6.45) is 1.48. The minimum atomic E-state index is -0.497. The van der Waals surface area contributed by atoms with E-state index in [2.05, 4.69) is 5.48 Å². The maximum absolute atomic E-state index is 12.6. The van der Waals surface area contributed by atoms with Crippen molar-refractivity contribution >= 4 is 17.7 Å². The lowest BCUT2D eigenvalue weighted by molar-refractivity contribution is 0.0233. The van der Waals surface area contributed by atoms with Gasteiger partial charge in [0, 0.05) is 5.56 Å². The molecule has 3 amide bonds. The number of rotatable bonds is 6. The number of benzene rings is 2. The molecule has 1 N–H and O–H groups in total. The first-order valence-electron chi connectivity index (χ1n) is 8.62. The van der Waals surface area contributed by atoms with Gasteiger partial charge in [-0.3, -0.25) is 24.1 Å². The van der Waals surface area contributed by atoms with E-state index in [1.165, 1.54) is 24.5 Å². The van der Waals surface area contributed by atoms with Gasteiger partial charge in [0.05, 0.1) is 30.5 Å². The lowest BCUT2D eigenvalue weighted by Crippen LogP contribution is -2.28. The highest BCUT2D eigenvalue weighted by atomic mass is 16.6. The predicted octanol–water partition coefficient (Wildman–Crippen LogP) is 2.94. The van der Waals surface area contributed by atoms with Gasteiger partial charge >= 0.3 is 0 Å². The van der Waals surface area contributed by atoms with Crippen LogP contribution in [0.1, 0.15) is 42.4 Å². The van der Waals surface area contributed by atoms with Crippen molar-refractivity contribution in [3.05, 3.63) is 94.9 Å². The second kappa shape index (κ2) is 7.50. The topological polar surface area (TPSA) is 88.8 Å². The quantitative estimate of drug-likeness (QED) is 0.528. The van der Waals surface area contributed by atoms with Gasteiger partial charge in [-0.15, -0.1) is 0 Å². The van der Waals surface area contributed by atoms with Crippen LogP contribution in [-0.4, -0.2) is 22.6 Å². The normalized spacial score (nSPS) is 12.9. The van der Waals surface area contributed by atoms with Crippen molar-refractivity contribution in [3.63, 3.8) is 0 Å². The molecule has 140 valence electrons. The molecule has 0 aliphatic carbocycles. The van der Waals surface area contributed by atoms with Crippen molar-refractivity contribution < 1.29 is 23.6 Å². The van der Waals surface area contributed by atoms with E-state index in [0.29, 0.717) is 5.76 Å². The Balaban J connectivity index is 1.44. The van der Waals surface area contributed by atoms with Gasteiger partial charge in [-0.05, 0) is 35.9 Å². The zero-order valence-corrected chi connectivity index (χ0v) is 14.8. The zero-order valence-electron chi connectivity index (χ0n) is 14.8. The minimum absolute atomic E-state index is 0.0427. The van der Waals surface area contributed by atoms with Gasteiger partial charge in [0.1, 0.15) is 5.76 Å². The highest BCUT2D eigenvalue weighted by Crippen LogP contribution is 2.25. The number of carbonyl (C=O) groups is 3. The van der Waals surface area contributed by atoms with Crippen LogP contribution in [0.15, 0.2) is 71.3 Å². The van der Waals surface area contributed by atoms with Gasteiger partial charge in [0.15, 0.2) is 0 Å². The van der Waals surface area contributed by atoms with Crippen molar-refractivity contribution in [2.24, 2.45) is 0 Å². The Morgan fingerprint density at radius 3 is 2.50 bits per heavy atom. The molecule has 0 unspecified atom stereocenters. The third-order valence-electron chi connectivity index (χ3n) is 4.37. The van der Waals surface area contributed by atoms with Gasteiger partial charge in [-0.25, -0.2) is 5.48 Å². The number of carbonyl (C=O) groups excluding carboxylic acids is 3. The van der Waals surface area contributed by atoms with E-state index in [4.69, 9.17) is 9.25 Å². The fourth-order valence-corrected chi connectivity index (χ4v) is 2.95. The summed E-state index contributed by atoms with van der Waals surface area (Å²) in [5, 5.41) is 0. The highest BCUT2D eigenvalue weighted by molar-refractivity contribution is 6.21. The molecule has 0 spiro atoms. The van der Waals surface area contributed by atoms with E-state index in [1.54, 1.807) is 12.1 Å². The second-order valence-electron chi connectivity index (χ2n) is 6.24. The largest absolute Gasteiger partial charge is 0.467 e. The number of hydrogen-bond acceptors (Lipinski definition) is 5. The maximum Gasteiger partial charge on any atom is 0.274 e. The molecule has 7 nitrogen and oxygen atoms in total. The fraction of sp³-hybridized carbons (Fsp3) is 0.0952. The van der Waals surface area contributed by atoms with Crippen molar-refractivity contribution in [1.82, 2.24) is 10.4 Å². The summed E-state index contributed by atoms with van der Waals surface area (Å²) in [4.78, 5) is 43.7. The van der Waals surface area contributed by atoms with Crippen molar-refractivity contribution in [3.8, 4) is 0 Å². The number of furan rings is 1. The van der Waals surface area contributed by atoms with Gasteiger partial charge in [-0.1, -0.05) is 30.3 Å². The Labute approximate surface area is 160 Å². The molecule has 1 aromatic heterocycles. The van der Waals surface area contributed by atoms with Crippen LogP contribution < -0.4 is 5.48 Å². The summed E-state index contributed by atoms with van der Waals surface area (Å²) in [5.74, 6) is -0.870. The molecule has 0 saturated carbocycles. The molecule has 1 aliphatic rings. The van der Waals surface area contributed by atoms with Crippen molar-refractivity contribution in [1.29, 1.82) is 0 Å². The SMILES string of the molecule is O=C(NOCc1ccccc1)c1ccc2c(c1)C(=O)N(Cc1ccco1)C2=O. The summed E-state index contributed by atoms with van der Waals surface area (Å²) < 4.78 is 5.21. The molecule has 0 saturated heterocycles. The van der Waals surface area contributed by atoms with E-state index in [0.717, 1.165) is 10.5 Å². The fourth-order valence-electron chi connectivity index (χ4n) is 2.95. The third-order valence-corrected chi connectivity index (χ3v) is 4.37. The van der Waals surface area contributed by atoms with Crippen LogP contribution in [0.3, 0.4) is 0 Å². The summed E-state index contributed by atoms with van der Waals surface area (Å²) in [5.41, 5.74) is 3.94. The first kappa shape index (κ1) is 17.7. The molecule has 0 atom stereocenters. The molecule has 4 rings (SSSR count). The number of hydrogen-bond donors (Lipinski definition) is 1. The maximum atomic E-state index is 12.6. The Morgan fingerprint density at radius 1 is 0.964 bits per heavy atom. The van der Waals surface area contributed by atoms with Crippen LogP contribution in [0.4, 0.5) is 0 Å². The Hall–Kier alpha value is -3.71. The average molecular weight is 376 g/mol. The van der Waals surface area contributed by atoms with Crippen LogP contribution >= 0.6 is 0 Å². The first-order valence-corrected chi connectivity index (χ1v) is 8.62. The standard InChI is InChI=1S/C21H16N2O5/c24-19(22-28-13-14-5-2-1-3-6-14)15-8-9-17-18(11-15)21(26)23(20(17)25)12-16-7-4-10-27-16/h1-11H,12-13H2,(H,22,24). The van der Waals surface area contributed by atoms with Crippen molar-refractivity contribution in [2.45, 2.75) is 13.2 Å². The molecule has 2 aromatic carbocycles. The average Bonchev–Trinajstić information content (AvgIpc) is 3.32. The molecule has 0 bridgehead atoms. The third kappa shape index (κ3) is 3.43. The zero-order chi connectivity index (χ0) is 19.5. The Bertz CT molecular complexity index is 1030. The smallest absolute Gasteiger partial charge is 0.274 e. The van der Waals surface area contributed by atoms with E-state index in [-0.39, 0.29) is 29.8 Å². The lowest BCUT2D eigenvalue weighted by atomic mass is 10.1. The number of nitrogens with zero attached hydrogens (tertiary/aromatic N) is 1. The molecule has 7 heteroatoms. The van der Waals surface area contributed by atoms with Crippen LogP contribution in [-0.2, 0) is 18.0 Å². The second-order valence-corrected chi connectivity index (χ2v) is 6.24. The van der Waals surface area contributed by atoms with E-state index < -0.39 is 17.7 Å². The van der Waals surface area contributed by atoms with Gasteiger partial charge in [0.25, 0.3) is 17.7 Å². The molecule has 28 heavy (non-hydrogen) atoms. The summed E-state index contributed by atoms with van der Waals surface area (Å²) in [6.45, 7) is 0.257. The predicted molar refractivity (Wildman–Crippen MR) is 98.1 cm³/mol. The molecule has 0 fully saturated rings. The summed E-state index contributed by atoms with van der Waals surface area (Å²) in [7, 11) is 0. The lowest BCUT2D eigenvalue weighted by Gasteiger charge is -2.11. The van der Waals surface area contributed by atoms with Gasteiger partial charge < -0.3 is 4.42 Å². The monoisotopic (exact) mass is 376 g/mol. The van der Waals surface area contributed by atoms with Gasteiger partial charge in [0.2, 0.25) is 0 Å². The number of imide groups is 1. The number of hydroxylamine groups is 1. The molecule has 2 heterocycles. The minimum Gasteiger partial charge on any atom is -0.467 e. The summed E-state index contributed by atoms with van der Waals surface area (Å²) >= 11 is 0. The van der Waals surface area contributed by atoms with Crippen LogP contribution in [0.25, 0.3) is 0 Å². The van der Waals surface area contributed by atoms with Crippen LogP contribution in [0.5, 0.6) is 0 Å². The molecular formula is C21H16N2O5. The number of amides is 3.